The van der Waals surface area contributed by atoms with Crippen LogP contribution in [0.5, 0.6) is 0 Å². The summed E-state index contributed by atoms with van der Waals surface area (Å²) in [5, 5.41) is 0. The van der Waals surface area contributed by atoms with Gasteiger partial charge in [-0.15, -0.1) is 6.58 Å². The van der Waals surface area contributed by atoms with Gasteiger partial charge >= 0.3 is 0 Å². The van der Waals surface area contributed by atoms with Crippen LogP contribution in [0.2, 0.25) is 31.2 Å². The number of hydrogen-bond acceptors (Lipinski definition) is 1. The molecular weight excluding hydrogens is 168 g/mol. The molecule has 0 saturated carbocycles. The SMILES string of the molecule is C=CC[Si](C)(C)CCC[SiH2]O. The molecule has 0 amide bonds. The molecule has 0 bridgehead atoms. The molecule has 0 aliphatic heterocycles. The summed E-state index contributed by atoms with van der Waals surface area (Å²) >= 11 is 0. The standard InChI is InChI=1S/C8H20OSi2/c1-4-7-11(2,3)8-5-6-10-9/h4,9H,1,5-8,10H2,2-3H3. The second kappa shape index (κ2) is 5.74. The fourth-order valence-corrected chi connectivity index (χ4v) is 4.37. The molecule has 0 fully saturated rings. The van der Waals surface area contributed by atoms with Crippen LogP contribution < -0.4 is 0 Å². The minimum absolute atomic E-state index is 0.673. The molecule has 1 nitrogen and oxygen atoms in total. The van der Waals surface area contributed by atoms with Crippen molar-refractivity contribution < 1.29 is 4.80 Å². The molecule has 0 spiro atoms. The highest BCUT2D eigenvalue weighted by atomic mass is 28.3. The summed E-state index contributed by atoms with van der Waals surface area (Å²) in [5.74, 6) is 0. The van der Waals surface area contributed by atoms with Crippen LogP contribution >= 0.6 is 0 Å². The molecule has 0 radical (unpaired) electrons. The Morgan fingerprint density at radius 1 is 1.55 bits per heavy atom. The second-order valence-corrected chi connectivity index (χ2v) is 10.2. The van der Waals surface area contributed by atoms with Crippen molar-refractivity contribution in [1.82, 2.24) is 0 Å². The van der Waals surface area contributed by atoms with Gasteiger partial charge in [-0.25, -0.2) is 0 Å². The van der Waals surface area contributed by atoms with Gasteiger partial charge in [0.1, 0.15) is 0 Å². The normalized spacial score (nSPS) is 12.6. The molecule has 0 unspecified atom stereocenters. The van der Waals surface area contributed by atoms with Crippen LogP contribution in [-0.2, 0) is 0 Å². The molecule has 11 heavy (non-hydrogen) atoms. The highest BCUT2D eigenvalue weighted by Gasteiger charge is 2.17. The highest BCUT2D eigenvalue weighted by molar-refractivity contribution is 6.77. The van der Waals surface area contributed by atoms with Crippen molar-refractivity contribution in [2.75, 3.05) is 0 Å². The minimum atomic E-state index is -0.948. The van der Waals surface area contributed by atoms with Gasteiger partial charge in [-0.2, -0.15) is 0 Å². The topological polar surface area (TPSA) is 20.2 Å². The van der Waals surface area contributed by atoms with E-state index >= 15 is 0 Å². The van der Waals surface area contributed by atoms with Crippen LogP contribution in [0, 0.1) is 0 Å². The molecule has 1 N–H and O–H groups in total. The Hall–Kier alpha value is 0.134. The summed E-state index contributed by atoms with van der Waals surface area (Å²) in [6, 6.07) is 3.68. The van der Waals surface area contributed by atoms with Gasteiger partial charge in [0.05, 0.1) is 8.07 Å². The van der Waals surface area contributed by atoms with Gasteiger partial charge in [0.15, 0.2) is 9.76 Å². The van der Waals surface area contributed by atoms with E-state index in [2.05, 4.69) is 19.7 Å². The molecule has 0 saturated heterocycles. The Morgan fingerprint density at radius 2 is 2.18 bits per heavy atom. The van der Waals surface area contributed by atoms with E-state index in [1.807, 2.05) is 6.08 Å². The highest BCUT2D eigenvalue weighted by Crippen LogP contribution is 2.18. The first-order valence-corrected chi connectivity index (χ1v) is 9.39. The molecule has 0 aromatic heterocycles. The Morgan fingerprint density at radius 3 is 2.64 bits per heavy atom. The first-order chi connectivity index (χ1) is 5.12. The largest absolute Gasteiger partial charge is 0.438 e. The van der Waals surface area contributed by atoms with Crippen molar-refractivity contribution in [3.8, 4) is 0 Å². The number of hydrogen-bond donors (Lipinski definition) is 1. The van der Waals surface area contributed by atoms with Crippen LogP contribution in [0.3, 0.4) is 0 Å². The fourth-order valence-electron chi connectivity index (χ4n) is 1.21. The van der Waals surface area contributed by atoms with Gasteiger partial charge in [-0.3, -0.25) is 0 Å². The Bertz CT molecular complexity index is 113. The molecule has 0 atom stereocenters. The lowest BCUT2D eigenvalue weighted by atomic mass is 10.6. The molecule has 66 valence electrons. The van der Waals surface area contributed by atoms with Crippen molar-refractivity contribution in [3.05, 3.63) is 12.7 Å². The maximum Gasteiger partial charge on any atom is 0.156 e. The Labute approximate surface area is 73.5 Å². The number of rotatable bonds is 6. The molecule has 0 aliphatic carbocycles. The molecule has 0 rings (SSSR count). The van der Waals surface area contributed by atoms with Crippen molar-refractivity contribution in [2.24, 2.45) is 0 Å². The van der Waals surface area contributed by atoms with Gasteiger partial charge < -0.3 is 4.80 Å². The smallest absolute Gasteiger partial charge is 0.156 e. The van der Waals surface area contributed by atoms with E-state index in [4.69, 9.17) is 4.80 Å². The van der Waals surface area contributed by atoms with Gasteiger partial charge in [0.25, 0.3) is 0 Å². The average Bonchev–Trinajstić information content (AvgIpc) is 1.87. The third-order valence-corrected chi connectivity index (χ3v) is 5.88. The summed E-state index contributed by atoms with van der Waals surface area (Å²) in [4.78, 5) is 8.73. The summed E-state index contributed by atoms with van der Waals surface area (Å²) in [7, 11) is -1.62. The molecule has 3 heteroatoms. The molecule has 0 aromatic rings. The molecule has 0 aromatic carbocycles. The average molecular weight is 188 g/mol. The zero-order valence-electron chi connectivity index (χ0n) is 7.77. The van der Waals surface area contributed by atoms with Gasteiger partial charge in [0, 0.05) is 0 Å². The maximum absolute atomic E-state index is 8.73. The van der Waals surface area contributed by atoms with Crippen molar-refractivity contribution in [3.63, 3.8) is 0 Å². The number of allylic oxidation sites excluding steroid dienone is 1. The predicted octanol–water partition coefficient (Wildman–Crippen LogP) is 1.77. The second-order valence-electron chi connectivity index (χ2n) is 3.84. The lowest BCUT2D eigenvalue weighted by molar-refractivity contribution is 0.598. The fraction of sp³-hybridized carbons (Fsp3) is 0.750. The minimum Gasteiger partial charge on any atom is -0.438 e. The van der Waals surface area contributed by atoms with Gasteiger partial charge in [-0.1, -0.05) is 31.6 Å². The van der Waals surface area contributed by atoms with Crippen LogP contribution in [0.25, 0.3) is 0 Å². The summed E-state index contributed by atoms with van der Waals surface area (Å²) in [6.45, 7) is 8.56. The summed E-state index contributed by atoms with van der Waals surface area (Å²) < 4.78 is 0. The van der Waals surface area contributed by atoms with Crippen molar-refractivity contribution in [1.29, 1.82) is 0 Å². The van der Waals surface area contributed by atoms with Crippen LogP contribution in [-0.4, -0.2) is 22.6 Å². The molecule has 0 aliphatic rings. The van der Waals surface area contributed by atoms with Crippen molar-refractivity contribution >= 4 is 17.8 Å². The van der Waals surface area contributed by atoms with E-state index in [0.717, 1.165) is 6.04 Å². The lowest BCUT2D eigenvalue weighted by Gasteiger charge is -2.19. The molecular formula is C8H20OSi2. The van der Waals surface area contributed by atoms with E-state index in [-0.39, 0.29) is 0 Å². The monoisotopic (exact) mass is 188 g/mol. The Balaban J connectivity index is 3.45. The van der Waals surface area contributed by atoms with E-state index < -0.39 is 17.8 Å². The van der Waals surface area contributed by atoms with E-state index in [0.29, 0.717) is 0 Å². The maximum atomic E-state index is 8.73. The van der Waals surface area contributed by atoms with Gasteiger partial charge in [0.2, 0.25) is 0 Å². The zero-order chi connectivity index (χ0) is 8.74. The first kappa shape index (κ1) is 11.1. The van der Waals surface area contributed by atoms with Crippen LogP contribution in [0.15, 0.2) is 12.7 Å². The first-order valence-electron chi connectivity index (χ1n) is 4.34. The quantitative estimate of drug-likeness (QED) is 0.383. The summed E-state index contributed by atoms with van der Waals surface area (Å²) in [5.41, 5.74) is 0. The van der Waals surface area contributed by atoms with E-state index in [9.17, 15) is 0 Å². The molecule has 0 heterocycles. The van der Waals surface area contributed by atoms with Crippen LogP contribution in [0.4, 0.5) is 0 Å². The van der Waals surface area contributed by atoms with Crippen LogP contribution in [0.1, 0.15) is 6.42 Å². The van der Waals surface area contributed by atoms with Crippen molar-refractivity contribution in [2.45, 2.75) is 37.6 Å². The predicted molar refractivity (Wildman–Crippen MR) is 57.5 cm³/mol. The van der Waals surface area contributed by atoms with Gasteiger partial charge in [-0.05, 0) is 12.1 Å². The lowest BCUT2D eigenvalue weighted by Crippen LogP contribution is -2.23. The Kier molecular flexibility index (Phi) is 5.81. The third-order valence-electron chi connectivity index (χ3n) is 1.96. The van der Waals surface area contributed by atoms with E-state index in [1.165, 1.54) is 18.5 Å². The summed E-state index contributed by atoms with van der Waals surface area (Å²) in [6.07, 6.45) is 3.29. The zero-order valence-corrected chi connectivity index (χ0v) is 10.2. The third kappa shape index (κ3) is 6.53. The van der Waals surface area contributed by atoms with E-state index in [1.54, 1.807) is 0 Å².